The Labute approximate surface area is 144 Å². The molecule has 132 valence electrons. The molecular weight excluding hydrogens is 304 g/mol. The van der Waals surface area contributed by atoms with Gasteiger partial charge in [0.05, 0.1) is 6.61 Å². The molecule has 5 nitrogen and oxygen atoms in total. The summed E-state index contributed by atoms with van der Waals surface area (Å²) in [5.41, 5.74) is 1.02. The maximum absolute atomic E-state index is 12.3. The minimum absolute atomic E-state index is 0.205. The number of aliphatic hydroxyl groups excluding tert-OH is 1. The van der Waals surface area contributed by atoms with E-state index in [1.807, 2.05) is 35.2 Å². The van der Waals surface area contributed by atoms with Gasteiger partial charge in [-0.3, -0.25) is 4.90 Å². The molecule has 2 aliphatic rings. The molecule has 1 N–H and O–H groups in total. The van der Waals surface area contributed by atoms with Crippen LogP contribution in [0.3, 0.4) is 0 Å². The molecule has 1 saturated heterocycles. The van der Waals surface area contributed by atoms with Gasteiger partial charge in [-0.05, 0) is 37.2 Å². The lowest BCUT2D eigenvalue weighted by molar-refractivity contribution is 0.0694. The number of likely N-dealkylation sites (tertiary alicyclic amines) is 1. The van der Waals surface area contributed by atoms with E-state index in [1.54, 1.807) is 0 Å². The highest BCUT2D eigenvalue weighted by atomic mass is 16.6. The van der Waals surface area contributed by atoms with E-state index < -0.39 is 0 Å². The first kappa shape index (κ1) is 17.2. The number of rotatable bonds is 7. The zero-order chi connectivity index (χ0) is 16.8. The second kappa shape index (κ2) is 8.49. The average Bonchev–Trinajstić information content (AvgIpc) is 3.45. The van der Waals surface area contributed by atoms with Crippen molar-refractivity contribution < 1.29 is 14.6 Å². The maximum Gasteiger partial charge on any atom is 0.410 e. The standard InChI is InChI=1S/C19H28N2O3/c22-12-11-20(18-8-9-18)13-17-7-4-10-21(14-17)19(23)24-15-16-5-2-1-3-6-16/h1-3,5-6,17-18,22H,4,7-15H2. The van der Waals surface area contributed by atoms with E-state index in [0.29, 0.717) is 18.6 Å². The number of hydrogen-bond acceptors (Lipinski definition) is 4. The third kappa shape index (κ3) is 4.95. The van der Waals surface area contributed by atoms with Crippen LogP contribution in [0.5, 0.6) is 0 Å². The molecule has 0 aromatic heterocycles. The summed E-state index contributed by atoms with van der Waals surface area (Å²) in [5, 5.41) is 9.24. The summed E-state index contributed by atoms with van der Waals surface area (Å²) in [7, 11) is 0. The fourth-order valence-corrected chi connectivity index (χ4v) is 3.51. The van der Waals surface area contributed by atoms with Crippen molar-refractivity contribution in [3.63, 3.8) is 0 Å². The Bertz CT molecular complexity index is 519. The van der Waals surface area contributed by atoms with Gasteiger partial charge in [0.2, 0.25) is 0 Å². The lowest BCUT2D eigenvalue weighted by Gasteiger charge is -2.35. The Morgan fingerprint density at radius 1 is 1.25 bits per heavy atom. The molecule has 1 saturated carbocycles. The Morgan fingerprint density at radius 3 is 2.75 bits per heavy atom. The van der Waals surface area contributed by atoms with Crippen molar-refractivity contribution in [2.45, 2.75) is 38.3 Å². The number of carbonyl (C=O) groups is 1. The molecule has 1 atom stereocenters. The number of hydrogen-bond donors (Lipinski definition) is 1. The third-order valence-electron chi connectivity index (χ3n) is 4.93. The topological polar surface area (TPSA) is 53.0 Å². The zero-order valence-electron chi connectivity index (χ0n) is 14.3. The first-order valence-electron chi connectivity index (χ1n) is 9.07. The monoisotopic (exact) mass is 332 g/mol. The third-order valence-corrected chi connectivity index (χ3v) is 4.93. The van der Waals surface area contributed by atoms with Crippen molar-refractivity contribution in [2.75, 3.05) is 32.8 Å². The zero-order valence-corrected chi connectivity index (χ0v) is 14.3. The van der Waals surface area contributed by atoms with Crippen LogP contribution in [0.25, 0.3) is 0 Å². The molecule has 0 spiro atoms. The van der Waals surface area contributed by atoms with E-state index in [4.69, 9.17) is 4.74 Å². The highest BCUT2D eigenvalue weighted by Crippen LogP contribution is 2.29. The van der Waals surface area contributed by atoms with Gasteiger partial charge in [-0.1, -0.05) is 30.3 Å². The van der Waals surface area contributed by atoms with Crippen molar-refractivity contribution >= 4 is 6.09 Å². The highest BCUT2D eigenvalue weighted by molar-refractivity contribution is 5.67. The summed E-state index contributed by atoms with van der Waals surface area (Å²) in [6, 6.07) is 10.4. The minimum atomic E-state index is -0.205. The van der Waals surface area contributed by atoms with Crippen molar-refractivity contribution in [1.29, 1.82) is 0 Å². The van der Waals surface area contributed by atoms with E-state index in [0.717, 1.165) is 44.6 Å². The molecule has 5 heteroatoms. The number of aliphatic hydroxyl groups is 1. The molecule has 1 aliphatic heterocycles. The average molecular weight is 332 g/mol. The Hall–Kier alpha value is -1.59. The van der Waals surface area contributed by atoms with Gasteiger partial charge >= 0.3 is 6.09 Å². The van der Waals surface area contributed by atoms with Crippen LogP contribution in [0.1, 0.15) is 31.2 Å². The largest absolute Gasteiger partial charge is 0.445 e. The van der Waals surface area contributed by atoms with Crippen LogP contribution < -0.4 is 0 Å². The van der Waals surface area contributed by atoms with E-state index in [9.17, 15) is 9.90 Å². The molecule has 1 aliphatic carbocycles. The molecule has 1 heterocycles. The molecule has 1 aromatic rings. The quantitative estimate of drug-likeness (QED) is 0.833. The molecular formula is C19H28N2O3. The number of amides is 1. The number of nitrogens with zero attached hydrogens (tertiary/aromatic N) is 2. The number of piperidine rings is 1. The molecule has 1 aromatic carbocycles. The van der Waals surface area contributed by atoms with Crippen LogP contribution >= 0.6 is 0 Å². The molecule has 0 bridgehead atoms. The van der Waals surface area contributed by atoms with E-state index in [1.165, 1.54) is 12.8 Å². The van der Waals surface area contributed by atoms with Gasteiger partial charge in [0.15, 0.2) is 0 Å². The van der Waals surface area contributed by atoms with Crippen LogP contribution in [-0.4, -0.2) is 59.8 Å². The minimum Gasteiger partial charge on any atom is -0.445 e. The van der Waals surface area contributed by atoms with Crippen molar-refractivity contribution in [2.24, 2.45) is 5.92 Å². The van der Waals surface area contributed by atoms with Gasteiger partial charge < -0.3 is 14.7 Å². The highest BCUT2D eigenvalue weighted by Gasteiger charge is 2.32. The summed E-state index contributed by atoms with van der Waals surface area (Å²) in [6.07, 6.45) is 4.47. The summed E-state index contributed by atoms with van der Waals surface area (Å²) in [5.74, 6) is 0.482. The van der Waals surface area contributed by atoms with Gasteiger partial charge in [0.25, 0.3) is 0 Å². The van der Waals surface area contributed by atoms with Crippen LogP contribution in [0, 0.1) is 5.92 Å². The first-order valence-corrected chi connectivity index (χ1v) is 9.07. The number of ether oxygens (including phenoxy) is 1. The Kier molecular flexibility index (Phi) is 6.10. The van der Waals surface area contributed by atoms with Crippen molar-refractivity contribution in [3.8, 4) is 0 Å². The SMILES string of the molecule is O=C(OCc1ccccc1)N1CCCC(CN(CCO)C2CC2)C1. The summed E-state index contributed by atoms with van der Waals surface area (Å²) in [6.45, 7) is 3.83. The molecule has 24 heavy (non-hydrogen) atoms. The Morgan fingerprint density at radius 2 is 2.04 bits per heavy atom. The van der Waals surface area contributed by atoms with Crippen molar-refractivity contribution in [3.05, 3.63) is 35.9 Å². The smallest absolute Gasteiger partial charge is 0.410 e. The van der Waals surface area contributed by atoms with E-state index >= 15 is 0 Å². The van der Waals surface area contributed by atoms with Gasteiger partial charge in [-0.2, -0.15) is 0 Å². The van der Waals surface area contributed by atoms with Crippen LogP contribution in [0.4, 0.5) is 4.79 Å². The van der Waals surface area contributed by atoms with E-state index in [2.05, 4.69) is 4.90 Å². The second-order valence-electron chi connectivity index (χ2n) is 6.94. The van der Waals surface area contributed by atoms with Gasteiger partial charge in [0, 0.05) is 32.2 Å². The molecule has 1 unspecified atom stereocenters. The van der Waals surface area contributed by atoms with E-state index in [-0.39, 0.29) is 12.7 Å². The first-order chi connectivity index (χ1) is 11.8. The van der Waals surface area contributed by atoms with Gasteiger partial charge in [-0.15, -0.1) is 0 Å². The Balaban J connectivity index is 1.46. The summed E-state index contributed by atoms with van der Waals surface area (Å²) >= 11 is 0. The molecule has 2 fully saturated rings. The molecule has 0 radical (unpaired) electrons. The van der Waals surface area contributed by atoms with Crippen LogP contribution in [-0.2, 0) is 11.3 Å². The molecule has 3 rings (SSSR count). The molecule has 1 amide bonds. The predicted molar refractivity (Wildman–Crippen MR) is 92.6 cm³/mol. The lowest BCUT2D eigenvalue weighted by Crippen LogP contribution is -2.44. The maximum atomic E-state index is 12.3. The lowest BCUT2D eigenvalue weighted by atomic mass is 9.97. The second-order valence-corrected chi connectivity index (χ2v) is 6.94. The summed E-state index contributed by atoms with van der Waals surface area (Å²) in [4.78, 5) is 16.6. The summed E-state index contributed by atoms with van der Waals surface area (Å²) < 4.78 is 5.46. The van der Waals surface area contributed by atoms with Gasteiger partial charge in [0.1, 0.15) is 6.61 Å². The predicted octanol–water partition coefficient (Wildman–Crippen LogP) is 2.49. The van der Waals surface area contributed by atoms with Crippen LogP contribution in [0.15, 0.2) is 30.3 Å². The van der Waals surface area contributed by atoms with Crippen LogP contribution in [0.2, 0.25) is 0 Å². The van der Waals surface area contributed by atoms with Crippen molar-refractivity contribution in [1.82, 2.24) is 9.80 Å². The number of carbonyl (C=O) groups excluding carboxylic acids is 1. The fraction of sp³-hybridized carbons (Fsp3) is 0.632. The number of benzene rings is 1. The fourth-order valence-electron chi connectivity index (χ4n) is 3.51. The van der Waals surface area contributed by atoms with Gasteiger partial charge in [-0.25, -0.2) is 4.79 Å². The normalized spacial score (nSPS) is 21.1.